The molecule has 138 valence electrons. The summed E-state index contributed by atoms with van der Waals surface area (Å²) in [4.78, 5) is 2.63. The van der Waals surface area contributed by atoms with E-state index in [1.807, 2.05) is 6.92 Å². The average Bonchev–Trinajstić information content (AvgIpc) is 2.64. The molecule has 3 rings (SSSR count). The molecule has 3 heteroatoms. The van der Waals surface area contributed by atoms with E-state index < -0.39 is 11.6 Å². The summed E-state index contributed by atoms with van der Waals surface area (Å²) in [5, 5.41) is 0. The fourth-order valence-electron chi connectivity index (χ4n) is 4.60. The highest BCUT2D eigenvalue weighted by molar-refractivity contribution is 5.70. The third-order valence-electron chi connectivity index (χ3n) is 6.40. The maximum absolute atomic E-state index is 14.5. The van der Waals surface area contributed by atoms with Crippen molar-refractivity contribution in [2.45, 2.75) is 71.8 Å². The van der Waals surface area contributed by atoms with Gasteiger partial charge in [-0.2, -0.15) is 0 Å². The Morgan fingerprint density at radius 2 is 1.76 bits per heavy atom. The van der Waals surface area contributed by atoms with Crippen LogP contribution in [-0.4, -0.2) is 24.0 Å². The summed E-state index contributed by atoms with van der Waals surface area (Å²) in [5.74, 6) is -0.429. The van der Waals surface area contributed by atoms with E-state index in [1.165, 1.54) is 37.9 Å². The van der Waals surface area contributed by atoms with Gasteiger partial charge in [0.2, 0.25) is 0 Å². The zero-order valence-corrected chi connectivity index (χ0v) is 15.9. The number of hydrogen-bond donors (Lipinski definition) is 0. The molecule has 1 aromatic rings. The summed E-state index contributed by atoms with van der Waals surface area (Å²) in [6, 6.07) is 4.10. The standard InChI is InChI=1S/C22H31F2N/c1-4-16-10-12-25(13-11-16)18-7-9-19(15(3)14-18)20-8-6-17(5-2)21(23)22(20)24/h6,8,16,18H,4-5,7,9-14H2,1-3H3. The number of allylic oxidation sites excluding steroid dienone is 1. The van der Waals surface area contributed by atoms with Crippen molar-refractivity contribution in [1.82, 2.24) is 4.90 Å². The van der Waals surface area contributed by atoms with Gasteiger partial charge in [-0.1, -0.05) is 38.0 Å². The van der Waals surface area contributed by atoms with Crippen LogP contribution >= 0.6 is 0 Å². The van der Waals surface area contributed by atoms with Crippen LogP contribution in [0.25, 0.3) is 5.57 Å². The van der Waals surface area contributed by atoms with Crippen LogP contribution in [-0.2, 0) is 6.42 Å². The molecule has 0 radical (unpaired) electrons. The number of rotatable bonds is 4. The van der Waals surface area contributed by atoms with Gasteiger partial charge in [0.05, 0.1) is 0 Å². The van der Waals surface area contributed by atoms with Crippen molar-refractivity contribution in [3.05, 3.63) is 40.5 Å². The minimum absolute atomic E-state index is 0.465. The second-order valence-electron chi connectivity index (χ2n) is 7.80. The molecule has 1 aliphatic carbocycles. The molecule has 1 nitrogen and oxygen atoms in total. The van der Waals surface area contributed by atoms with Crippen LogP contribution < -0.4 is 0 Å². The van der Waals surface area contributed by atoms with Gasteiger partial charge in [-0.3, -0.25) is 0 Å². The molecule has 0 amide bonds. The molecule has 0 saturated carbocycles. The summed E-state index contributed by atoms with van der Waals surface area (Å²) >= 11 is 0. The third kappa shape index (κ3) is 3.81. The number of likely N-dealkylation sites (tertiary alicyclic amines) is 1. The normalized spacial score (nSPS) is 23.3. The van der Waals surface area contributed by atoms with Gasteiger partial charge >= 0.3 is 0 Å². The van der Waals surface area contributed by atoms with Crippen LogP contribution in [0.4, 0.5) is 8.78 Å². The van der Waals surface area contributed by atoms with Gasteiger partial charge in [0.1, 0.15) is 0 Å². The first kappa shape index (κ1) is 18.6. The van der Waals surface area contributed by atoms with E-state index in [-0.39, 0.29) is 0 Å². The topological polar surface area (TPSA) is 3.24 Å². The molecule has 2 aliphatic rings. The van der Waals surface area contributed by atoms with E-state index >= 15 is 0 Å². The Morgan fingerprint density at radius 1 is 1.04 bits per heavy atom. The highest BCUT2D eigenvalue weighted by Gasteiger charge is 2.29. The molecule has 1 aliphatic heterocycles. The SMILES string of the molecule is CCc1ccc(C2=C(C)CC(N3CCC(CC)CC3)CC2)c(F)c1F. The molecule has 1 fully saturated rings. The highest BCUT2D eigenvalue weighted by Crippen LogP contribution is 2.37. The molecule has 1 unspecified atom stereocenters. The van der Waals surface area contributed by atoms with Gasteiger partial charge in [0, 0.05) is 11.6 Å². The second-order valence-corrected chi connectivity index (χ2v) is 7.80. The van der Waals surface area contributed by atoms with Crippen molar-refractivity contribution in [2.75, 3.05) is 13.1 Å². The molecule has 25 heavy (non-hydrogen) atoms. The first-order chi connectivity index (χ1) is 12.0. The average molecular weight is 347 g/mol. The summed E-state index contributed by atoms with van der Waals surface area (Å²) in [6.45, 7) is 8.64. The van der Waals surface area contributed by atoms with Crippen molar-refractivity contribution in [3.63, 3.8) is 0 Å². The predicted octanol–water partition coefficient (Wildman–Crippen LogP) is 5.98. The lowest BCUT2D eigenvalue weighted by molar-refractivity contribution is 0.122. The largest absolute Gasteiger partial charge is 0.300 e. The number of benzene rings is 1. The van der Waals surface area contributed by atoms with Crippen molar-refractivity contribution in [3.8, 4) is 0 Å². The van der Waals surface area contributed by atoms with Gasteiger partial charge in [-0.05, 0) is 75.6 Å². The maximum atomic E-state index is 14.5. The van der Waals surface area contributed by atoms with E-state index in [2.05, 4.69) is 18.7 Å². The molecular formula is C22H31F2N. The lowest BCUT2D eigenvalue weighted by Crippen LogP contribution is -2.42. The zero-order chi connectivity index (χ0) is 18.0. The Balaban J connectivity index is 1.74. The van der Waals surface area contributed by atoms with Gasteiger partial charge in [0.15, 0.2) is 11.6 Å². The number of halogens is 2. The Labute approximate surface area is 151 Å². The molecule has 0 N–H and O–H groups in total. The Morgan fingerprint density at radius 3 is 2.36 bits per heavy atom. The Kier molecular flexibility index (Phi) is 5.93. The summed E-state index contributed by atoms with van der Waals surface area (Å²) in [6.07, 6.45) is 7.33. The monoisotopic (exact) mass is 347 g/mol. The highest BCUT2D eigenvalue weighted by atomic mass is 19.2. The number of piperidine rings is 1. The number of hydrogen-bond acceptors (Lipinski definition) is 1. The maximum Gasteiger partial charge on any atom is 0.166 e. The summed E-state index contributed by atoms with van der Waals surface area (Å²) < 4.78 is 28.7. The van der Waals surface area contributed by atoms with E-state index in [4.69, 9.17) is 0 Å². The van der Waals surface area contributed by atoms with E-state index in [9.17, 15) is 8.78 Å². The molecule has 1 aromatic carbocycles. The van der Waals surface area contributed by atoms with E-state index in [1.54, 1.807) is 12.1 Å². The Bertz CT molecular complexity index is 642. The predicted molar refractivity (Wildman–Crippen MR) is 101 cm³/mol. The number of nitrogens with zero attached hydrogens (tertiary/aromatic N) is 1. The molecule has 1 atom stereocenters. The van der Waals surface area contributed by atoms with Gasteiger partial charge < -0.3 is 4.90 Å². The van der Waals surface area contributed by atoms with E-state index in [0.717, 1.165) is 30.8 Å². The minimum atomic E-state index is -0.663. The molecule has 1 heterocycles. The molecule has 0 spiro atoms. The van der Waals surface area contributed by atoms with Crippen LogP contribution in [0.2, 0.25) is 0 Å². The molecule has 0 bridgehead atoms. The molecular weight excluding hydrogens is 316 g/mol. The smallest absolute Gasteiger partial charge is 0.166 e. The molecule has 1 saturated heterocycles. The lowest BCUT2D eigenvalue weighted by Gasteiger charge is -2.40. The van der Waals surface area contributed by atoms with Crippen LogP contribution in [0, 0.1) is 17.6 Å². The summed E-state index contributed by atoms with van der Waals surface area (Å²) in [5.41, 5.74) is 3.21. The fourth-order valence-corrected chi connectivity index (χ4v) is 4.60. The molecule has 0 aromatic heterocycles. The van der Waals surface area contributed by atoms with E-state index in [0.29, 0.717) is 23.6 Å². The van der Waals surface area contributed by atoms with Gasteiger partial charge in [0.25, 0.3) is 0 Å². The van der Waals surface area contributed by atoms with Crippen molar-refractivity contribution >= 4 is 5.57 Å². The van der Waals surface area contributed by atoms with Crippen LogP contribution in [0.15, 0.2) is 17.7 Å². The first-order valence-corrected chi connectivity index (χ1v) is 9.95. The zero-order valence-electron chi connectivity index (χ0n) is 15.9. The number of aryl methyl sites for hydroxylation is 1. The van der Waals surface area contributed by atoms with Crippen molar-refractivity contribution < 1.29 is 8.78 Å². The summed E-state index contributed by atoms with van der Waals surface area (Å²) in [7, 11) is 0. The van der Waals surface area contributed by atoms with Crippen LogP contribution in [0.1, 0.15) is 70.4 Å². The van der Waals surface area contributed by atoms with Gasteiger partial charge in [-0.25, -0.2) is 8.78 Å². The Hall–Kier alpha value is -1.22. The van der Waals surface area contributed by atoms with Crippen LogP contribution in [0.5, 0.6) is 0 Å². The third-order valence-corrected chi connectivity index (χ3v) is 6.40. The fraction of sp³-hybridized carbons (Fsp3) is 0.636. The lowest BCUT2D eigenvalue weighted by atomic mass is 9.83. The van der Waals surface area contributed by atoms with Crippen molar-refractivity contribution in [1.29, 1.82) is 0 Å². The van der Waals surface area contributed by atoms with Crippen molar-refractivity contribution in [2.24, 2.45) is 5.92 Å². The quantitative estimate of drug-likeness (QED) is 0.648. The van der Waals surface area contributed by atoms with Crippen LogP contribution in [0.3, 0.4) is 0 Å². The minimum Gasteiger partial charge on any atom is -0.300 e. The second kappa shape index (κ2) is 7.99. The van der Waals surface area contributed by atoms with Gasteiger partial charge in [-0.15, -0.1) is 0 Å². The first-order valence-electron chi connectivity index (χ1n) is 9.95.